The second-order valence-electron chi connectivity index (χ2n) is 8.67. The fourth-order valence-electron chi connectivity index (χ4n) is 4.06. The van der Waals surface area contributed by atoms with Gasteiger partial charge in [0.15, 0.2) is 6.61 Å². The Labute approximate surface area is 196 Å². The summed E-state index contributed by atoms with van der Waals surface area (Å²) in [7, 11) is 0. The summed E-state index contributed by atoms with van der Waals surface area (Å²) in [4.78, 5) is 27.9. The maximum atomic E-state index is 13.2. The van der Waals surface area contributed by atoms with Gasteiger partial charge in [0.2, 0.25) is 5.91 Å². The second kappa shape index (κ2) is 11.4. The number of nitrogens with one attached hydrogen (secondary N) is 1. The zero-order valence-corrected chi connectivity index (χ0v) is 20.0. The van der Waals surface area contributed by atoms with Crippen LogP contribution in [0.25, 0.3) is 0 Å². The Kier molecular flexibility index (Phi) is 8.57. The van der Waals surface area contributed by atoms with E-state index in [9.17, 15) is 9.59 Å². The van der Waals surface area contributed by atoms with E-state index in [1.54, 1.807) is 30.0 Å². The molecule has 1 fully saturated rings. The van der Waals surface area contributed by atoms with Gasteiger partial charge in [0.05, 0.1) is 0 Å². The molecule has 172 valence electrons. The first-order chi connectivity index (χ1) is 15.3. The number of hydrogen-bond acceptors (Lipinski definition) is 3. The lowest BCUT2D eigenvalue weighted by Crippen LogP contribution is -2.51. The van der Waals surface area contributed by atoms with E-state index in [1.165, 1.54) is 6.42 Å². The Morgan fingerprint density at radius 2 is 1.81 bits per heavy atom. The Bertz CT molecular complexity index is 940. The van der Waals surface area contributed by atoms with E-state index in [1.807, 2.05) is 38.1 Å². The van der Waals surface area contributed by atoms with E-state index in [4.69, 9.17) is 16.3 Å². The lowest BCUT2D eigenvalue weighted by atomic mass is 9.95. The van der Waals surface area contributed by atoms with Crippen molar-refractivity contribution in [1.29, 1.82) is 0 Å². The van der Waals surface area contributed by atoms with Gasteiger partial charge in [-0.2, -0.15) is 0 Å². The van der Waals surface area contributed by atoms with Crippen LogP contribution in [0.15, 0.2) is 42.5 Å². The van der Waals surface area contributed by atoms with Crippen LogP contribution in [0.2, 0.25) is 5.02 Å². The van der Waals surface area contributed by atoms with E-state index in [-0.39, 0.29) is 24.5 Å². The van der Waals surface area contributed by atoms with Crippen molar-refractivity contribution in [2.24, 2.45) is 0 Å². The Balaban J connectivity index is 1.72. The number of carbonyl (C=O) groups excluding carboxylic acids is 2. The van der Waals surface area contributed by atoms with Crippen LogP contribution in [-0.4, -0.2) is 35.4 Å². The summed E-state index contributed by atoms with van der Waals surface area (Å²) in [6.45, 7) is 5.90. The lowest BCUT2D eigenvalue weighted by molar-refractivity contribution is -0.142. The molecule has 1 saturated carbocycles. The number of carbonyl (C=O) groups is 2. The summed E-state index contributed by atoms with van der Waals surface area (Å²) in [5.74, 6) is 0.240. The molecule has 32 heavy (non-hydrogen) atoms. The normalized spacial score (nSPS) is 15.1. The summed E-state index contributed by atoms with van der Waals surface area (Å²) < 4.78 is 5.75. The van der Waals surface area contributed by atoms with Gasteiger partial charge in [0.25, 0.3) is 5.91 Å². The first-order valence-corrected chi connectivity index (χ1v) is 11.8. The molecule has 0 spiro atoms. The van der Waals surface area contributed by atoms with Crippen molar-refractivity contribution in [3.8, 4) is 5.75 Å². The van der Waals surface area contributed by atoms with E-state index in [0.29, 0.717) is 17.3 Å². The van der Waals surface area contributed by atoms with E-state index >= 15 is 0 Å². The van der Waals surface area contributed by atoms with Crippen LogP contribution in [-0.2, 0) is 16.1 Å². The molecule has 0 radical (unpaired) electrons. The highest BCUT2D eigenvalue weighted by Crippen LogP contribution is 2.22. The van der Waals surface area contributed by atoms with Crippen LogP contribution in [0.3, 0.4) is 0 Å². The molecular weight excluding hydrogens is 424 g/mol. The number of ether oxygens (including phenoxy) is 1. The fourth-order valence-corrected chi connectivity index (χ4v) is 4.17. The van der Waals surface area contributed by atoms with Gasteiger partial charge in [0, 0.05) is 17.6 Å². The van der Waals surface area contributed by atoms with Crippen LogP contribution in [0.5, 0.6) is 5.75 Å². The molecule has 2 amide bonds. The summed E-state index contributed by atoms with van der Waals surface area (Å²) in [6.07, 6.45) is 5.51. The second-order valence-corrected chi connectivity index (χ2v) is 9.07. The molecule has 3 rings (SSSR count). The first-order valence-electron chi connectivity index (χ1n) is 11.4. The molecule has 0 aliphatic heterocycles. The summed E-state index contributed by atoms with van der Waals surface area (Å²) in [6, 6.07) is 12.8. The van der Waals surface area contributed by atoms with Crippen LogP contribution in [0.1, 0.15) is 55.7 Å². The fraction of sp³-hybridized carbons (Fsp3) is 0.462. The lowest BCUT2D eigenvalue weighted by Gasteiger charge is -2.31. The van der Waals surface area contributed by atoms with Crippen LogP contribution >= 0.6 is 11.6 Å². The van der Waals surface area contributed by atoms with Crippen molar-refractivity contribution < 1.29 is 14.3 Å². The minimum Gasteiger partial charge on any atom is -0.484 e. The monoisotopic (exact) mass is 456 g/mol. The van der Waals surface area contributed by atoms with Crippen molar-refractivity contribution in [1.82, 2.24) is 10.2 Å². The van der Waals surface area contributed by atoms with Gasteiger partial charge >= 0.3 is 0 Å². The highest BCUT2D eigenvalue weighted by Gasteiger charge is 2.28. The van der Waals surface area contributed by atoms with E-state index < -0.39 is 6.04 Å². The van der Waals surface area contributed by atoms with Crippen LogP contribution in [0, 0.1) is 13.8 Å². The van der Waals surface area contributed by atoms with Crippen molar-refractivity contribution in [3.63, 3.8) is 0 Å². The Hall–Kier alpha value is -2.53. The summed E-state index contributed by atoms with van der Waals surface area (Å²) in [5.41, 5.74) is 2.98. The predicted octanol–water partition coefficient (Wildman–Crippen LogP) is 5.20. The average molecular weight is 457 g/mol. The van der Waals surface area contributed by atoms with Crippen molar-refractivity contribution >= 4 is 23.4 Å². The first kappa shape index (κ1) is 24.1. The number of hydrogen-bond donors (Lipinski definition) is 1. The Morgan fingerprint density at radius 1 is 1.09 bits per heavy atom. The topological polar surface area (TPSA) is 58.6 Å². The molecule has 6 heteroatoms. The third kappa shape index (κ3) is 6.49. The molecule has 1 aliphatic carbocycles. The van der Waals surface area contributed by atoms with Crippen LogP contribution < -0.4 is 10.1 Å². The van der Waals surface area contributed by atoms with Gasteiger partial charge in [-0.05, 0) is 68.5 Å². The standard InChI is InChI=1S/C26H33ClN2O3/c1-18-9-7-8-10-21(18)16-29(20(3)26(31)28-22-11-5-4-6-12-22)25(30)17-32-23-13-14-24(27)19(2)15-23/h7-10,13-15,20,22H,4-6,11-12,16-17H2,1-3H3,(H,28,31)/t20-/m1/s1. The number of halogens is 1. The van der Waals surface area contributed by atoms with Crippen molar-refractivity contribution in [2.75, 3.05) is 6.61 Å². The molecule has 0 unspecified atom stereocenters. The number of rotatable bonds is 8. The SMILES string of the molecule is Cc1cc(OCC(=O)N(Cc2ccccc2C)[C@H](C)C(=O)NC2CCCCC2)ccc1Cl. The molecule has 0 bridgehead atoms. The molecule has 0 aromatic heterocycles. The highest BCUT2D eigenvalue weighted by atomic mass is 35.5. The van der Waals surface area contributed by atoms with Gasteiger partial charge in [-0.1, -0.05) is 55.1 Å². The summed E-state index contributed by atoms with van der Waals surface area (Å²) in [5, 5.41) is 3.80. The zero-order chi connectivity index (χ0) is 23.1. The number of benzene rings is 2. The summed E-state index contributed by atoms with van der Waals surface area (Å²) >= 11 is 6.08. The van der Waals surface area contributed by atoms with Gasteiger partial charge in [-0.15, -0.1) is 0 Å². The predicted molar refractivity (Wildman–Crippen MR) is 128 cm³/mol. The smallest absolute Gasteiger partial charge is 0.261 e. The highest BCUT2D eigenvalue weighted by molar-refractivity contribution is 6.31. The quantitative estimate of drug-likeness (QED) is 0.593. The minimum absolute atomic E-state index is 0.110. The van der Waals surface area contributed by atoms with Crippen molar-refractivity contribution in [3.05, 3.63) is 64.2 Å². The largest absolute Gasteiger partial charge is 0.484 e. The third-order valence-electron chi connectivity index (χ3n) is 6.21. The van der Waals surface area contributed by atoms with E-state index in [2.05, 4.69) is 5.32 Å². The molecule has 1 N–H and O–H groups in total. The molecule has 1 aliphatic rings. The third-order valence-corrected chi connectivity index (χ3v) is 6.64. The number of nitrogens with zero attached hydrogens (tertiary/aromatic N) is 1. The molecule has 2 aromatic carbocycles. The maximum Gasteiger partial charge on any atom is 0.261 e. The van der Waals surface area contributed by atoms with Gasteiger partial charge < -0.3 is 15.0 Å². The number of amides is 2. The molecule has 2 aromatic rings. The molecule has 0 saturated heterocycles. The molecule has 1 atom stereocenters. The van der Waals surface area contributed by atoms with Gasteiger partial charge in [-0.25, -0.2) is 0 Å². The molecular formula is C26H33ClN2O3. The van der Waals surface area contributed by atoms with Crippen molar-refractivity contribution in [2.45, 2.75) is 71.5 Å². The molecule has 5 nitrogen and oxygen atoms in total. The van der Waals surface area contributed by atoms with E-state index in [0.717, 1.165) is 42.4 Å². The average Bonchev–Trinajstić information content (AvgIpc) is 2.79. The van der Waals surface area contributed by atoms with Gasteiger partial charge in [0.1, 0.15) is 11.8 Å². The zero-order valence-electron chi connectivity index (χ0n) is 19.2. The van der Waals surface area contributed by atoms with Crippen LogP contribution in [0.4, 0.5) is 0 Å². The maximum absolute atomic E-state index is 13.2. The minimum atomic E-state index is -0.598. The molecule has 0 heterocycles. The Morgan fingerprint density at radius 3 is 2.50 bits per heavy atom. The number of aryl methyl sites for hydroxylation is 2. The van der Waals surface area contributed by atoms with Gasteiger partial charge in [-0.3, -0.25) is 9.59 Å².